The number of hydrogen-bond donors (Lipinski definition) is 1. The van der Waals surface area contributed by atoms with E-state index in [0.717, 1.165) is 19.5 Å². The molecule has 0 aromatic heterocycles. The first-order valence-electron chi connectivity index (χ1n) is 4.81. The summed E-state index contributed by atoms with van der Waals surface area (Å²) in [5.74, 6) is -0.225. The molecule has 0 saturated heterocycles. The molecule has 1 aliphatic rings. The highest BCUT2D eigenvalue weighted by Crippen LogP contribution is 1.99. The maximum Gasteiger partial charge on any atom is 0.217 e. The van der Waals surface area contributed by atoms with Gasteiger partial charge in [-0.05, 0) is 18.7 Å². The largest absolute Gasteiger partial charge is 0.374 e. The lowest BCUT2D eigenvalue weighted by molar-refractivity contribution is -0.118. The van der Waals surface area contributed by atoms with Gasteiger partial charge in [-0.1, -0.05) is 24.3 Å². The highest BCUT2D eigenvalue weighted by Gasteiger charge is 1.99. The molecule has 76 valence electrons. The van der Waals surface area contributed by atoms with Crippen LogP contribution in [-0.4, -0.2) is 23.9 Å². The number of nitrogens with two attached hydrogens (primary N) is 1. The number of rotatable bonds is 4. The van der Waals surface area contributed by atoms with Gasteiger partial charge in [0.15, 0.2) is 0 Å². The van der Waals surface area contributed by atoms with Crippen molar-refractivity contribution in [2.45, 2.75) is 12.8 Å². The fourth-order valence-corrected chi connectivity index (χ4v) is 1.26. The van der Waals surface area contributed by atoms with Crippen molar-refractivity contribution >= 4 is 5.91 Å². The molecule has 0 bridgehead atoms. The number of amides is 1. The lowest BCUT2D eigenvalue weighted by atomic mass is 10.2. The van der Waals surface area contributed by atoms with Crippen LogP contribution in [0.4, 0.5) is 0 Å². The lowest BCUT2D eigenvalue weighted by Gasteiger charge is -2.18. The zero-order valence-corrected chi connectivity index (χ0v) is 8.23. The molecule has 1 heterocycles. The first-order chi connectivity index (χ1) is 6.79. The van der Waals surface area contributed by atoms with Gasteiger partial charge >= 0.3 is 0 Å². The van der Waals surface area contributed by atoms with E-state index in [4.69, 9.17) is 5.73 Å². The van der Waals surface area contributed by atoms with Crippen LogP contribution >= 0.6 is 0 Å². The number of nitrogens with zero attached hydrogens (tertiary/aromatic N) is 1. The smallest absolute Gasteiger partial charge is 0.217 e. The third-order valence-electron chi connectivity index (χ3n) is 1.97. The molecule has 0 radical (unpaired) electrons. The molecule has 0 fully saturated rings. The molecule has 1 aliphatic heterocycles. The number of allylic oxidation sites excluding steroid dienone is 4. The van der Waals surface area contributed by atoms with Crippen LogP contribution in [0.1, 0.15) is 12.8 Å². The zero-order chi connectivity index (χ0) is 10.2. The Morgan fingerprint density at radius 1 is 1.29 bits per heavy atom. The highest BCUT2D eigenvalue weighted by atomic mass is 16.1. The standard InChI is InChI=1S/C11H16N2O/c12-11(14)7-6-10-13-8-4-2-1-3-5-9-13/h1-5,8H,6-7,9-10H2,(H2,12,14). The minimum absolute atomic E-state index is 0.225. The molecule has 3 heteroatoms. The van der Waals surface area contributed by atoms with Crippen LogP contribution in [0.15, 0.2) is 36.6 Å². The molecule has 0 saturated carbocycles. The van der Waals surface area contributed by atoms with Crippen LogP contribution < -0.4 is 5.73 Å². The summed E-state index contributed by atoms with van der Waals surface area (Å²) in [6.07, 6.45) is 13.4. The number of hydrogen-bond acceptors (Lipinski definition) is 2. The Morgan fingerprint density at radius 2 is 2.07 bits per heavy atom. The molecular weight excluding hydrogens is 176 g/mol. The number of carbonyl (C=O) groups is 1. The van der Waals surface area contributed by atoms with E-state index in [-0.39, 0.29) is 5.91 Å². The predicted octanol–water partition coefficient (Wildman–Crippen LogP) is 1.19. The molecule has 0 spiro atoms. The Hall–Kier alpha value is -1.51. The molecule has 0 aromatic rings. The molecule has 0 aliphatic carbocycles. The molecule has 0 aromatic carbocycles. The molecule has 1 amide bonds. The van der Waals surface area contributed by atoms with Gasteiger partial charge < -0.3 is 10.6 Å². The van der Waals surface area contributed by atoms with Crippen LogP contribution in [0.25, 0.3) is 0 Å². The Morgan fingerprint density at radius 3 is 2.86 bits per heavy atom. The lowest BCUT2D eigenvalue weighted by Crippen LogP contribution is -2.21. The van der Waals surface area contributed by atoms with E-state index >= 15 is 0 Å². The summed E-state index contributed by atoms with van der Waals surface area (Å²) in [5, 5.41) is 0. The van der Waals surface area contributed by atoms with Gasteiger partial charge in [0, 0.05) is 19.5 Å². The molecule has 3 nitrogen and oxygen atoms in total. The van der Waals surface area contributed by atoms with Crippen molar-refractivity contribution < 1.29 is 4.79 Å². The summed E-state index contributed by atoms with van der Waals surface area (Å²) in [7, 11) is 0. The van der Waals surface area contributed by atoms with Crippen molar-refractivity contribution in [2.75, 3.05) is 13.1 Å². The molecule has 0 unspecified atom stereocenters. The van der Waals surface area contributed by atoms with Crippen LogP contribution in [-0.2, 0) is 4.79 Å². The highest BCUT2D eigenvalue weighted by molar-refractivity contribution is 5.73. The van der Waals surface area contributed by atoms with Gasteiger partial charge in [0.05, 0.1) is 0 Å². The molecule has 0 atom stereocenters. The second-order valence-corrected chi connectivity index (χ2v) is 3.22. The minimum atomic E-state index is -0.225. The Bertz CT molecular complexity index is 266. The molecule has 14 heavy (non-hydrogen) atoms. The van der Waals surface area contributed by atoms with Crippen LogP contribution in [0.2, 0.25) is 0 Å². The maximum absolute atomic E-state index is 10.5. The fraction of sp³-hybridized carbons (Fsp3) is 0.364. The van der Waals surface area contributed by atoms with Crippen molar-refractivity contribution in [1.29, 1.82) is 0 Å². The van der Waals surface area contributed by atoms with Gasteiger partial charge in [0.25, 0.3) is 0 Å². The average Bonchev–Trinajstić information content (AvgIpc) is 2.07. The first-order valence-corrected chi connectivity index (χ1v) is 4.81. The van der Waals surface area contributed by atoms with E-state index in [9.17, 15) is 4.79 Å². The summed E-state index contributed by atoms with van der Waals surface area (Å²) in [4.78, 5) is 12.7. The molecular formula is C11H16N2O. The fourth-order valence-electron chi connectivity index (χ4n) is 1.26. The van der Waals surface area contributed by atoms with E-state index in [1.807, 2.05) is 30.5 Å². The van der Waals surface area contributed by atoms with Crippen LogP contribution in [0.5, 0.6) is 0 Å². The summed E-state index contributed by atoms with van der Waals surface area (Å²) < 4.78 is 0. The third-order valence-corrected chi connectivity index (χ3v) is 1.97. The van der Waals surface area contributed by atoms with Gasteiger partial charge in [-0.2, -0.15) is 0 Å². The van der Waals surface area contributed by atoms with Crippen LogP contribution in [0.3, 0.4) is 0 Å². The van der Waals surface area contributed by atoms with E-state index < -0.39 is 0 Å². The van der Waals surface area contributed by atoms with Crippen molar-refractivity contribution in [1.82, 2.24) is 4.90 Å². The predicted molar refractivity (Wildman–Crippen MR) is 57.4 cm³/mol. The second kappa shape index (κ2) is 6.02. The van der Waals surface area contributed by atoms with Gasteiger partial charge in [0.2, 0.25) is 5.91 Å². The monoisotopic (exact) mass is 192 g/mol. The topological polar surface area (TPSA) is 46.3 Å². The van der Waals surface area contributed by atoms with Crippen molar-refractivity contribution in [3.63, 3.8) is 0 Å². The number of carbonyl (C=O) groups excluding carboxylic acids is 1. The summed E-state index contributed by atoms with van der Waals surface area (Å²) in [6.45, 7) is 1.76. The SMILES string of the molecule is NC(=O)CCCN1C=CC=CC=CC1. The first kappa shape index (κ1) is 10.6. The normalized spacial score (nSPS) is 15.3. The van der Waals surface area contributed by atoms with Gasteiger partial charge in [-0.3, -0.25) is 4.79 Å². The van der Waals surface area contributed by atoms with E-state index in [2.05, 4.69) is 11.0 Å². The van der Waals surface area contributed by atoms with Gasteiger partial charge in [-0.25, -0.2) is 0 Å². The molecule has 1 rings (SSSR count). The van der Waals surface area contributed by atoms with Crippen molar-refractivity contribution in [3.8, 4) is 0 Å². The zero-order valence-electron chi connectivity index (χ0n) is 8.23. The average molecular weight is 192 g/mol. The molecule has 2 N–H and O–H groups in total. The van der Waals surface area contributed by atoms with E-state index in [1.165, 1.54) is 0 Å². The van der Waals surface area contributed by atoms with Gasteiger partial charge in [0.1, 0.15) is 0 Å². The Balaban J connectivity index is 2.29. The minimum Gasteiger partial charge on any atom is -0.374 e. The van der Waals surface area contributed by atoms with Crippen molar-refractivity contribution in [2.24, 2.45) is 5.73 Å². The summed E-state index contributed by atoms with van der Waals surface area (Å²) >= 11 is 0. The van der Waals surface area contributed by atoms with Crippen LogP contribution in [0, 0.1) is 0 Å². The Labute approximate surface area is 84.6 Å². The third kappa shape index (κ3) is 4.50. The van der Waals surface area contributed by atoms with E-state index in [0.29, 0.717) is 6.42 Å². The second-order valence-electron chi connectivity index (χ2n) is 3.22. The summed E-state index contributed by atoms with van der Waals surface area (Å²) in [5.41, 5.74) is 5.06. The number of primary amides is 1. The quantitative estimate of drug-likeness (QED) is 0.727. The van der Waals surface area contributed by atoms with Crippen molar-refractivity contribution in [3.05, 3.63) is 36.6 Å². The Kier molecular flexibility index (Phi) is 4.55. The summed E-state index contributed by atoms with van der Waals surface area (Å²) in [6, 6.07) is 0. The van der Waals surface area contributed by atoms with Gasteiger partial charge in [-0.15, -0.1) is 0 Å². The maximum atomic E-state index is 10.5. The van der Waals surface area contributed by atoms with E-state index in [1.54, 1.807) is 0 Å².